The van der Waals surface area contributed by atoms with Gasteiger partial charge in [-0.25, -0.2) is 17.6 Å². The van der Waals surface area contributed by atoms with Gasteiger partial charge in [0.1, 0.15) is 0 Å². The molecule has 2 fully saturated rings. The van der Waals surface area contributed by atoms with E-state index in [1.165, 1.54) is 0 Å². The summed E-state index contributed by atoms with van der Waals surface area (Å²) >= 11 is 0. The molecule has 0 aromatic heterocycles. The fourth-order valence-corrected chi connectivity index (χ4v) is 5.19. The van der Waals surface area contributed by atoms with Gasteiger partial charge in [0.05, 0.1) is 0 Å². The second-order valence-corrected chi connectivity index (χ2v) is 8.46. The van der Waals surface area contributed by atoms with E-state index in [1.54, 1.807) is 19.1 Å². The fourth-order valence-electron chi connectivity index (χ4n) is 5.19. The zero-order chi connectivity index (χ0) is 18.7. The van der Waals surface area contributed by atoms with Gasteiger partial charge in [0.15, 0.2) is 11.6 Å². The predicted molar refractivity (Wildman–Crippen MR) is 96.5 cm³/mol. The van der Waals surface area contributed by atoms with E-state index in [1.807, 2.05) is 0 Å². The van der Waals surface area contributed by atoms with Crippen molar-refractivity contribution in [1.82, 2.24) is 0 Å². The Hall–Kier alpha value is -1.06. The maximum Gasteiger partial charge on any atom is 0.238 e. The van der Waals surface area contributed by atoms with Crippen LogP contribution in [0, 0.1) is 36.3 Å². The lowest BCUT2D eigenvalue weighted by Gasteiger charge is -2.38. The molecule has 2 aliphatic rings. The number of rotatable bonds is 5. The summed E-state index contributed by atoms with van der Waals surface area (Å²) in [6, 6.07) is 3.44. The summed E-state index contributed by atoms with van der Waals surface area (Å²) < 4.78 is 52.8. The molecule has 0 atom stereocenters. The fraction of sp³-hybridized carbons (Fsp3) is 0.727. The third-order valence-electron chi connectivity index (χ3n) is 6.87. The van der Waals surface area contributed by atoms with Crippen LogP contribution in [0.25, 0.3) is 0 Å². The van der Waals surface area contributed by atoms with Gasteiger partial charge in [-0.1, -0.05) is 25.0 Å². The van der Waals surface area contributed by atoms with Crippen LogP contribution in [0.3, 0.4) is 0 Å². The van der Waals surface area contributed by atoms with E-state index in [-0.39, 0.29) is 12.3 Å². The van der Waals surface area contributed by atoms with Gasteiger partial charge in [-0.3, -0.25) is 0 Å². The van der Waals surface area contributed by atoms with Crippen LogP contribution in [0.15, 0.2) is 12.1 Å². The highest BCUT2D eigenvalue weighted by atomic mass is 19.3. The van der Waals surface area contributed by atoms with Crippen LogP contribution in [-0.4, -0.2) is 6.43 Å². The number of hydrogen-bond acceptors (Lipinski definition) is 0. The number of hydrogen-bond donors (Lipinski definition) is 0. The van der Waals surface area contributed by atoms with Crippen LogP contribution < -0.4 is 0 Å². The molecule has 0 radical (unpaired) electrons. The highest BCUT2D eigenvalue weighted by Gasteiger charge is 2.32. The van der Waals surface area contributed by atoms with Crippen LogP contribution in [0.4, 0.5) is 17.6 Å². The first kappa shape index (κ1) is 19.7. The molecule has 26 heavy (non-hydrogen) atoms. The van der Waals surface area contributed by atoms with Gasteiger partial charge in [-0.2, -0.15) is 0 Å². The van der Waals surface area contributed by atoms with E-state index in [4.69, 9.17) is 0 Å². The third-order valence-corrected chi connectivity index (χ3v) is 6.87. The molecule has 146 valence electrons. The first-order valence-corrected chi connectivity index (χ1v) is 10.2. The van der Waals surface area contributed by atoms with Crippen molar-refractivity contribution in [2.75, 3.05) is 0 Å². The average Bonchev–Trinajstić information content (AvgIpc) is 2.65. The first-order valence-electron chi connectivity index (χ1n) is 10.2. The van der Waals surface area contributed by atoms with E-state index < -0.39 is 18.1 Å². The summed E-state index contributed by atoms with van der Waals surface area (Å²) in [5.74, 6) is 0.601. The Morgan fingerprint density at radius 1 is 0.846 bits per heavy atom. The van der Waals surface area contributed by atoms with Crippen molar-refractivity contribution in [2.45, 2.75) is 83.5 Å². The highest BCUT2D eigenvalue weighted by molar-refractivity contribution is 5.28. The molecule has 1 aromatic carbocycles. The van der Waals surface area contributed by atoms with Crippen molar-refractivity contribution >= 4 is 0 Å². The molecule has 0 saturated heterocycles. The molecule has 2 aliphatic carbocycles. The van der Waals surface area contributed by atoms with Crippen molar-refractivity contribution in [3.05, 3.63) is 34.9 Å². The molecule has 4 heteroatoms. The molecular formula is C22H30F4. The lowest BCUT2D eigenvalue weighted by molar-refractivity contribution is 0.111. The molecule has 0 nitrogen and oxygen atoms in total. The minimum absolute atomic E-state index is 0.0408. The summed E-state index contributed by atoms with van der Waals surface area (Å²) in [6.07, 6.45) is 6.99. The zero-order valence-electron chi connectivity index (χ0n) is 15.6. The SMILES string of the molecule is Cc1ccc(C2CCC(C3CCC(CCC(F)F)CC3)CC2)c(F)c1F. The summed E-state index contributed by atoms with van der Waals surface area (Å²) in [6.45, 7) is 1.59. The Morgan fingerprint density at radius 3 is 2.00 bits per heavy atom. The monoisotopic (exact) mass is 370 g/mol. The Morgan fingerprint density at radius 2 is 1.42 bits per heavy atom. The summed E-state index contributed by atoms with van der Waals surface area (Å²) in [4.78, 5) is 0. The number of benzene rings is 1. The molecule has 0 aliphatic heterocycles. The van der Waals surface area contributed by atoms with Crippen LogP contribution in [0.2, 0.25) is 0 Å². The topological polar surface area (TPSA) is 0 Å². The second-order valence-electron chi connectivity index (χ2n) is 8.46. The van der Waals surface area contributed by atoms with E-state index >= 15 is 0 Å². The van der Waals surface area contributed by atoms with Crippen molar-refractivity contribution in [2.24, 2.45) is 17.8 Å². The Labute approximate surface area is 154 Å². The molecule has 0 amide bonds. The van der Waals surface area contributed by atoms with Gasteiger partial charge >= 0.3 is 0 Å². The summed E-state index contributed by atoms with van der Waals surface area (Å²) in [7, 11) is 0. The van der Waals surface area contributed by atoms with Crippen molar-refractivity contribution in [1.29, 1.82) is 0 Å². The molecule has 0 bridgehead atoms. The normalized spacial score (nSPS) is 29.9. The van der Waals surface area contributed by atoms with Gasteiger partial charge in [-0.15, -0.1) is 0 Å². The second kappa shape index (κ2) is 8.75. The van der Waals surface area contributed by atoms with Gasteiger partial charge in [-0.05, 0) is 86.7 Å². The summed E-state index contributed by atoms with van der Waals surface area (Å²) in [5, 5.41) is 0. The van der Waals surface area contributed by atoms with Gasteiger partial charge in [0.25, 0.3) is 0 Å². The van der Waals surface area contributed by atoms with Crippen molar-refractivity contribution in [3.63, 3.8) is 0 Å². The molecule has 0 heterocycles. The smallest absolute Gasteiger partial charge is 0.211 e. The van der Waals surface area contributed by atoms with E-state index in [2.05, 4.69) is 0 Å². The molecular weight excluding hydrogens is 340 g/mol. The minimum atomic E-state index is -2.17. The number of halogens is 4. The van der Waals surface area contributed by atoms with Gasteiger partial charge in [0.2, 0.25) is 6.43 Å². The average molecular weight is 370 g/mol. The van der Waals surface area contributed by atoms with Crippen LogP contribution in [0.1, 0.15) is 81.3 Å². The lowest BCUT2D eigenvalue weighted by atomic mass is 9.68. The maximum atomic E-state index is 14.2. The van der Waals surface area contributed by atoms with E-state index in [0.29, 0.717) is 35.3 Å². The Balaban J connectivity index is 1.48. The lowest BCUT2D eigenvalue weighted by Crippen LogP contribution is -2.26. The molecule has 0 spiro atoms. The maximum absolute atomic E-state index is 14.2. The largest absolute Gasteiger partial charge is 0.238 e. The van der Waals surface area contributed by atoms with Gasteiger partial charge < -0.3 is 0 Å². The molecule has 0 unspecified atom stereocenters. The van der Waals surface area contributed by atoms with E-state index in [0.717, 1.165) is 51.4 Å². The Kier molecular flexibility index (Phi) is 6.63. The first-order chi connectivity index (χ1) is 12.5. The molecule has 3 rings (SSSR count). The highest BCUT2D eigenvalue weighted by Crippen LogP contribution is 2.45. The zero-order valence-corrected chi connectivity index (χ0v) is 15.6. The molecule has 2 saturated carbocycles. The number of alkyl halides is 2. The van der Waals surface area contributed by atoms with Crippen molar-refractivity contribution < 1.29 is 17.6 Å². The quantitative estimate of drug-likeness (QED) is 0.474. The van der Waals surface area contributed by atoms with Crippen LogP contribution >= 0.6 is 0 Å². The third kappa shape index (κ3) is 4.61. The van der Waals surface area contributed by atoms with Crippen LogP contribution in [-0.2, 0) is 0 Å². The number of aryl methyl sites for hydroxylation is 1. The molecule has 0 N–H and O–H groups in total. The van der Waals surface area contributed by atoms with Gasteiger partial charge in [0, 0.05) is 6.42 Å². The molecule has 1 aromatic rings. The van der Waals surface area contributed by atoms with Crippen molar-refractivity contribution in [3.8, 4) is 0 Å². The summed E-state index contributed by atoms with van der Waals surface area (Å²) in [5.41, 5.74) is 0.908. The standard InChI is InChI=1S/C22H30F4/c1-14-2-12-19(22(26)21(14)25)18-10-8-17(9-11-18)16-6-3-15(4-7-16)5-13-20(23)24/h2,12,15-18,20H,3-11,13H2,1H3. The van der Waals surface area contributed by atoms with E-state index in [9.17, 15) is 17.6 Å². The Bertz CT molecular complexity index is 582. The minimum Gasteiger partial charge on any atom is -0.211 e. The van der Waals surface area contributed by atoms with Crippen LogP contribution in [0.5, 0.6) is 0 Å². The predicted octanol–water partition coefficient (Wildman–Crippen LogP) is 7.40.